The maximum Gasteiger partial charge on any atom is 0.310 e. The number of carboxylic acids is 1. The number of carbonyl (C=O) groups is 1. The average Bonchev–Trinajstić information content (AvgIpc) is 2.14. The largest absolute Gasteiger partial charge is 0.481 e. The van der Waals surface area contributed by atoms with Crippen LogP contribution < -0.4 is 0 Å². The molecule has 0 unspecified atom stereocenters. The normalized spacial score (nSPS) is 10.6. The summed E-state index contributed by atoms with van der Waals surface area (Å²) in [6, 6.07) is 0.669. The maximum absolute atomic E-state index is 12.4. The molecule has 0 atom stereocenters. The Hall–Kier alpha value is -1.83. The summed E-state index contributed by atoms with van der Waals surface area (Å²) in [7, 11) is 0. The van der Waals surface area contributed by atoms with Crippen LogP contribution in [0.5, 0.6) is 0 Å². The van der Waals surface area contributed by atoms with Gasteiger partial charge in [-0.2, -0.15) is 0 Å². The Morgan fingerprint density at radius 1 is 1.65 bits per heavy atom. The maximum atomic E-state index is 12.4. The monoisotopic (exact) mass is 266 g/mol. The smallest absolute Gasteiger partial charge is 0.310 e. The van der Waals surface area contributed by atoms with Crippen LogP contribution in [-0.4, -0.2) is 21.0 Å². The van der Waals surface area contributed by atoms with Crippen molar-refractivity contribution in [2.45, 2.75) is 12.8 Å². The average molecular weight is 267 g/mol. The Bertz CT molecular complexity index is 481. The third-order valence-electron chi connectivity index (χ3n) is 1.80. The van der Waals surface area contributed by atoms with E-state index in [0.29, 0.717) is 6.07 Å². The van der Waals surface area contributed by atoms with Crippen molar-refractivity contribution < 1.29 is 23.6 Å². The molecule has 1 aromatic rings. The Labute approximate surface area is 98.0 Å². The first kappa shape index (κ1) is 13.2. The van der Waals surface area contributed by atoms with E-state index in [-0.39, 0.29) is 0 Å². The van der Waals surface area contributed by atoms with Crippen molar-refractivity contribution in [1.82, 2.24) is 4.98 Å². The van der Waals surface area contributed by atoms with Gasteiger partial charge in [0.25, 0.3) is 6.43 Å². The minimum Gasteiger partial charge on any atom is -0.481 e. The van der Waals surface area contributed by atoms with Crippen LogP contribution in [0.25, 0.3) is 0 Å². The van der Waals surface area contributed by atoms with E-state index in [9.17, 15) is 23.7 Å². The van der Waals surface area contributed by atoms with Gasteiger partial charge in [0.1, 0.15) is 5.69 Å². The van der Waals surface area contributed by atoms with Crippen molar-refractivity contribution in [3.8, 4) is 0 Å². The molecule has 92 valence electrons. The van der Waals surface area contributed by atoms with Gasteiger partial charge in [-0.3, -0.25) is 14.9 Å². The van der Waals surface area contributed by atoms with Gasteiger partial charge >= 0.3 is 11.7 Å². The number of pyridine rings is 1. The van der Waals surface area contributed by atoms with E-state index in [1.807, 2.05) is 0 Å². The lowest BCUT2D eigenvalue weighted by Gasteiger charge is -2.05. The standard InChI is InChI=1S/C8H5ClF2N2O4/c9-7-6(13(16)17)3(2-5(14)15)1-4(12-7)8(10)11/h1,8H,2H2,(H,14,15). The zero-order valence-electron chi connectivity index (χ0n) is 8.06. The highest BCUT2D eigenvalue weighted by Gasteiger charge is 2.25. The fraction of sp³-hybridized carbons (Fsp3) is 0.250. The highest BCUT2D eigenvalue weighted by Crippen LogP contribution is 2.30. The lowest BCUT2D eigenvalue weighted by molar-refractivity contribution is -0.385. The molecule has 0 saturated carbocycles. The first-order valence-corrected chi connectivity index (χ1v) is 4.54. The Balaban J connectivity index is 3.38. The molecule has 0 bridgehead atoms. The summed E-state index contributed by atoms with van der Waals surface area (Å²) in [5.41, 5.74) is -1.96. The van der Waals surface area contributed by atoms with Crippen LogP contribution in [0.4, 0.5) is 14.5 Å². The third-order valence-corrected chi connectivity index (χ3v) is 2.06. The molecule has 6 nitrogen and oxygen atoms in total. The molecular weight excluding hydrogens is 262 g/mol. The van der Waals surface area contributed by atoms with Crippen LogP contribution in [0.1, 0.15) is 17.7 Å². The van der Waals surface area contributed by atoms with Crippen LogP contribution in [0.3, 0.4) is 0 Å². The van der Waals surface area contributed by atoms with Crippen LogP contribution >= 0.6 is 11.6 Å². The number of alkyl halides is 2. The van der Waals surface area contributed by atoms with Gasteiger partial charge in [0, 0.05) is 5.56 Å². The van der Waals surface area contributed by atoms with Crippen molar-refractivity contribution in [2.75, 3.05) is 0 Å². The van der Waals surface area contributed by atoms with Gasteiger partial charge in [-0.25, -0.2) is 13.8 Å². The molecule has 0 aromatic carbocycles. The van der Waals surface area contributed by atoms with E-state index >= 15 is 0 Å². The predicted molar refractivity (Wildman–Crippen MR) is 52.2 cm³/mol. The highest BCUT2D eigenvalue weighted by molar-refractivity contribution is 6.31. The fourth-order valence-electron chi connectivity index (χ4n) is 1.18. The van der Waals surface area contributed by atoms with Crippen LogP contribution in [0, 0.1) is 10.1 Å². The van der Waals surface area contributed by atoms with E-state index in [4.69, 9.17) is 16.7 Å². The first-order chi connectivity index (χ1) is 7.82. The number of rotatable bonds is 4. The molecule has 0 fully saturated rings. The van der Waals surface area contributed by atoms with Crippen molar-refractivity contribution >= 4 is 23.3 Å². The molecule has 0 amide bonds. The van der Waals surface area contributed by atoms with Crippen LogP contribution in [0.2, 0.25) is 5.15 Å². The van der Waals surface area contributed by atoms with Gasteiger partial charge < -0.3 is 5.11 Å². The summed E-state index contributed by atoms with van der Waals surface area (Å²) in [6.45, 7) is 0. The van der Waals surface area contributed by atoms with Crippen LogP contribution in [0.15, 0.2) is 6.07 Å². The Morgan fingerprint density at radius 3 is 2.65 bits per heavy atom. The van der Waals surface area contributed by atoms with Crippen molar-refractivity contribution in [1.29, 1.82) is 0 Å². The zero-order valence-corrected chi connectivity index (χ0v) is 8.82. The molecule has 1 aromatic heterocycles. The van der Waals surface area contributed by atoms with Crippen molar-refractivity contribution in [2.24, 2.45) is 0 Å². The number of hydrogen-bond donors (Lipinski definition) is 1. The molecule has 0 aliphatic heterocycles. The third kappa shape index (κ3) is 3.06. The fourth-order valence-corrected chi connectivity index (χ4v) is 1.47. The van der Waals surface area contributed by atoms with Crippen LogP contribution in [-0.2, 0) is 11.2 Å². The van der Waals surface area contributed by atoms with Crippen molar-refractivity contribution in [3.63, 3.8) is 0 Å². The van der Waals surface area contributed by atoms with E-state index in [1.54, 1.807) is 0 Å². The molecular formula is C8H5ClF2N2O4. The van der Waals surface area contributed by atoms with Gasteiger partial charge in [0.15, 0.2) is 0 Å². The summed E-state index contributed by atoms with van der Waals surface area (Å²) < 4.78 is 24.7. The second-order valence-electron chi connectivity index (χ2n) is 2.97. The number of halogens is 3. The van der Waals surface area contributed by atoms with Gasteiger partial charge in [0.05, 0.1) is 11.3 Å². The quantitative estimate of drug-likeness (QED) is 0.512. The summed E-state index contributed by atoms with van der Waals surface area (Å²) in [5, 5.41) is 18.4. The second kappa shape index (κ2) is 5.00. The topological polar surface area (TPSA) is 93.3 Å². The molecule has 0 spiro atoms. The molecule has 0 aliphatic rings. The number of carboxylic acid groups (broad SMARTS) is 1. The van der Waals surface area contributed by atoms with Gasteiger partial charge in [0.2, 0.25) is 5.15 Å². The second-order valence-corrected chi connectivity index (χ2v) is 3.33. The number of nitrogens with zero attached hydrogens (tertiary/aromatic N) is 2. The summed E-state index contributed by atoms with van der Waals surface area (Å²) in [6.07, 6.45) is -3.76. The molecule has 0 radical (unpaired) electrons. The molecule has 1 N–H and O–H groups in total. The number of aliphatic carboxylic acids is 1. The SMILES string of the molecule is O=C(O)Cc1cc(C(F)F)nc(Cl)c1[N+](=O)[O-]. The predicted octanol–water partition coefficient (Wildman–Crippen LogP) is 2.21. The van der Waals surface area contributed by atoms with Gasteiger partial charge in [-0.15, -0.1) is 0 Å². The Morgan fingerprint density at radius 2 is 2.24 bits per heavy atom. The number of hydrogen-bond acceptors (Lipinski definition) is 4. The summed E-state index contributed by atoms with van der Waals surface area (Å²) in [5.74, 6) is -1.39. The minimum absolute atomic E-state index is 0.405. The minimum atomic E-state index is -2.99. The van der Waals surface area contributed by atoms with E-state index in [0.717, 1.165) is 0 Å². The van der Waals surface area contributed by atoms with Gasteiger partial charge in [-0.1, -0.05) is 11.6 Å². The van der Waals surface area contributed by atoms with Gasteiger partial charge in [-0.05, 0) is 6.07 Å². The number of aromatic nitrogens is 1. The molecule has 1 heterocycles. The molecule has 0 aliphatic carbocycles. The lowest BCUT2D eigenvalue weighted by Crippen LogP contribution is -2.07. The highest BCUT2D eigenvalue weighted by atomic mass is 35.5. The summed E-state index contributed by atoms with van der Waals surface area (Å²) >= 11 is 5.38. The molecule has 17 heavy (non-hydrogen) atoms. The zero-order chi connectivity index (χ0) is 13.2. The van der Waals surface area contributed by atoms with E-state index < -0.39 is 45.8 Å². The van der Waals surface area contributed by atoms with Crippen molar-refractivity contribution in [3.05, 3.63) is 32.6 Å². The van der Waals surface area contributed by atoms with E-state index in [1.165, 1.54) is 0 Å². The lowest BCUT2D eigenvalue weighted by atomic mass is 10.1. The molecule has 9 heteroatoms. The molecule has 0 saturated heterocycles. The Kier molecular flexibility index (Phi) is 3.89. The van der Waals surface area contributed by atoms with E-state index in [2.05, 4.69) is 4.98 Å². The first-order valence-electron chi connectivity index (χ1n) is 4.16. The number of nitro groups is 1. The molecule has 1 rings (SSSR count). The summed E-state index contributed by atoms with van der Waals surface area (Å²) in [4.78, 5) is 23.3.